The fourth-order valence-corrected chi connectivity index (χ4v) is 6.68. The van der Waals surface area contributed by atoms with Crippen molar-refractivity contribution < 1.29 is 0 Å². The molecule has 0 fully saturated rings. The molecule has 0 bridgehead atoms. The minimum absolute atomic E-state index is 1.17. The summed E-state index contributed by atoms with van der Waals surface area (Å²) in [6.45, 7) is 6.55. The number of fused-ring (bicyclic) bond motifs is 6. The summed E-state index contributed by atoms with van der Waals surface area (Å²) in [4.78, 5) is 2.40. The molecule has 0 heterocycles. The second kappa shape index (κ2) is 9.46. The van der Waals surface area contributed by atoms with Gasteiger partial charge in [-0.05, 0) is 153 Å². The van der Waals surface area contributed by atoms with Crippen molar-refractivity contribution in [2.75, 3.05) is 4.90 Å². The molecule has 7 aromatic carbocycles. The molecule has 0 aromatic heterocycles. The average Bonchev–Trinajstić information content (AvgIpc) is 3.00. The lowest BCUT2D eigenvalue weighted by atomic mass is 9.77. The van der Waals surface area contributed by atoms with E-state index in [9.17, 15) is 0 Å². The molecule has 1 nitrogen and oxygen atoms in total. The van der Waals surface area contributed by atoms with Gasteiger partial charge in [-0.1, -0.05) is 72.8 Å². The Hall–Kier alpha value is -5.14. The van der Waals surface area contributed by atoms with Crippen molar-refractivity contribution in [1.82, 2.24) is 0 Å². The summed E-state index contributed by atoms with van der Waals surface area (Å²) in [6, 6.07) is 49.3. The van der Waals surface area contributed by atoms with Crippen LogP contribution in [0.15, 0.2) is 133 Å². The molecular formula is C41H31N. The number of para-hydroxylation sites is 1. The SMILES string of the molecule is Cc1cc(C)cc(N(c2ccc3cc4c(cc3c2)-c2cc3ccc(-c5ccccc5)cc3cc2-4)c2ccccc2C)c1. The maximum Gasteiger partial charge on any atom is 0.0490 e. The third-order valence-electron chi connectivity index (χ3n) is 8.70. The van der Waals surface area contributed by atoms with Crippen molar-refractivity contribution in [2.45, 2.75) is 20.8 Å². The van der Waals surface area contributed by atoms with Crippen LogP contribution in [0, 0.1) is 20.8 Å². The molecule has 0 aliphatic heterocycles. The highest BCUT2D eigenvalue weighted by Crippen LogP contribution is 2.51. The van der Waals surface area contributed by atoms with Gasteiger partial charge in [0, 0.05) is 17.1 Å². The first-order valence-electron chi connectivity index (χ1n) is 14.7. The monoisotopic (exact) mass is 537 g/mol. The van der Waals surface area contributed by atoms with Gasteiger partial charge in [-0.3, -0.25) is 0 Å². The molecule has 0 unspecified atom stereocenters. The van der Waals surface area contributed by atoms with Gasteiger partial charge in [-0.2, -0.15) is 0 Å². The van der Waals surface area contributed by atoms with Crippen LogP contribution in [0.1, 0.15) is 16.7 Å². The molecule has 0 radical (unpaired) electrons. The number of benzene rings is 7. The predicted molar refractivity (Wildman–Crippen MR) is 180 cm³/mol. The van der Waals surface area contributed by atoms with Crippen LogP contribution >= 0.6 is 0 Å². The smallest absolute Gasteiger partial charge is 0.0490 e. The minimum Gasteiger partial charge on any atom is -0.310 e. The molecule has 1 aliphatic carbocycles. The number of nitrogens with zero attached hydrogens (tertiary/aromatic N) is 1. The van der Waals surface area contributed by atoms with Crippen molar-refractivity contribution in [2.24, 2.45) is 0 Å². The van der Waals surface area contributed by atoms with Crippen molar-refractivity contribution in [1.29, 1.82) is 0 Å². The molecule has 7 aromatic rings. The number of hydrogen-bond acceptors (Lipinski definition) is 1. The third-order valence-corrected chi connectivity index (χ3v) is 8.70. The maximum absolute atomic E-state index is 2.40. The fraction of sp³-hybridized carbons (Fsp3) is 0.0732. The summed E-state index contributed by atoms with van der Waals surface area (Å²) in [5.41, 5.74) is 15.3. The zero-order valence-electron chi connectivity index (χ0n) is 24.1. The third kappa shape index (κ3) is 4.01. The summed E-state index contributed by atoms with van der Waals surface area (Å²) in [5.74, 6) is 0. The standard InChI is InChI=1S/C41H31N/c1-26-17-27(2)19-36(18-26)42(41-12-8-7-9-28(41)3)35-16-15-32-23-38-39-24-33-20-30(29-10-5-4-6-11-29)13-14-31(33)22-37(39)40(38)25-34(32)21-35/h4-25H,1-3H3. The van der Waals surface area contributed by atoms with E-state index in [1.807, 2.05) is 0 Å². The Kier molecular flexibility index (Phi) is 5.55. The van der Waals surface area contributed by atoms with E-state index in [0.29, 0.717) is 0 Å². The van der Waals surface area contributed by atoms with Crippen LogP contribution in [0.2, 0.25) is 0 Å². The van der Waals surface area contributed by atoms with E-state index in [0.717, 1.165) is 0 Å². The molecule has 0 saturated heterocycles. The largest absolute Gasteiger partial charge is 0.310 e. The number of hydrogen-bond donors (Lipinski definition) is 0. The Morgan fingerprint density at radius 3 is 1.62 bits per heavy atom. The summed E-state index contributed by atoms with van der Waals surface area (Å²) < 4.78 is 0. The van der Waals surface area contributed by atoms with Gasteiger partial charge in [0.25, 0.3) is 0 Å². The Bertz CT molecular complexity index is 2150. The first kappa shape index (κ1) is 24.6. The van der Waals surface area contributed by atoms with Gasteiger partial charge in [0.05, 0.1) is 0 Å². The van der Waals surface area contributed by atoms with E-state index >= 15 is 0 Å². The zero-order valence-corrected chi connectivity index (χ0v) is 24.1. The van der Waals surface area contributed by atoms with E-state index in [4.69, 9.17) is 0 Å². The first-order chi connectivity index (χ1) is 20.5. The summed E-state index contributed by atoms with van der Waals surface area (Å²) >= 11 is 0. The lowest BCUT2D eigenvalue weighted by Crippen LogP contribution is -2.11. The van der Waals surface area contributed by atoms with Gasteiger partial charge in [-0.15, -0.1) is 0 Å². The van der Waals surface area contributed by atoms with Crippen LogP contribution in [0.3, 0.4) is 0 Å². The molecule has 0 amide bonds. The van der Waals surface area contributed by atoms with Crippen LogP contribution in [-0.4, -0.2) is 0 Å². The number of aryl methyl sites for hydroxylation is 3. The van der Waals surface area contributed by atoms with Gasteiger partial charge < -0.3 is 4.90 Å². The van der Waals surface area contributed by atoms with Crippen LogP contribution in [0.4, 0.5) is 17.1 Å². The van der Waals surface area contributed by atoms with Gasteiger partial charge in [0.2, 0.25) is 0 Å². The Labute approximate surface area is 247 Å². The molecule has 0 N–H and O–H groups in total. The molecule has 1 aliphatic rings. The van der Waals surface area contributed by atoms with Crippen LogP contribution in [-0.2, 0) is 0 Å². The molecule has 200 valence electrons. The molecule has 8 rings (SSSR count). The van der Waals surface area contributed by atoms with Crippen LogP contribution in [0.5, 0.6) is 0 Å². The Balaban J connectivity index is 1.23. The van der Waals surface area contributed by atoms with Crippen molar-refractivity contribution >= 4 is 38.6 Å². The van der Waals surface area contributed by atoms with Gasteiger partial charge >= 0.3 is 0 Å². The molecule has 0 spiro atoms. The summed E-state index contributed by atoms with van der Waals surface area (Å²) in [5, 5.41) is 5.11. The minimum atomic E-state index is 1.17. The lowest BCUT2D eigenvalue weighted by molar-refractivity contribution is 1.23. The van der Waals surface area contributed by atoms with Crippen molar-refractivity contribution in [3.05, 3.63) is 150 Å². The lowest BCUT2D eigenvalue weighted by Gasteiger charge is -2.29. The van der Waals surface area contributed by atoms with E-state index in [2.05, 4.69) is 159 Å². The summed E-state index contributed by atoms with van der Waals surface area (Å²) in [7, 11) is 0. The molecule has 1 heteroatoms. The summed E-state index contributed by atoms with van der Waals surface area (Å²) in [6.07, 6.45) is 0. The highest BCUT2D eigenvalue weighted by Gasteiger charge is 2.24. The van der Waals surface area contributed by atoms with E-state index in [-0.39, 0.29) is 0 Å². The normalized spacial score (nSPS) is 11.7. The average molecular weight is 538 g/mol. The molecular weight excluding hydrogens is 506 g/mol. The van der Waals surface area contributed by atoms with Crippen molar-refractivity contribution in [3.8, 4) is 33.4 Å². The highest BCUT2D eigenvalue weighted by atomic mass is 15.1. The first-order valence-corrected chi connectivity index (χ1v) is 14.7. The second-order valence-electron chi connectivity index (χ2n) is 11.7. The van der Waals surface area contributed by atoms with Crippen LogP contribution in [0.25, 0.3) is 54.9 Å². The van der Waals surface area contributed by atoms with Gasteiger partial charge in [0.1, 0.15) is 0 Å². The van der Waals surface area contributed by atoms with Crippen LogP contribution < -0.4 is 4.90 Å². The van der Waals surface area contributed by atoms with E-state index in [1.54, 1.807) is 0 Å². The van der Waals surface area contributed by atoms with Gasteiger partial charge in [-0.25, -0.2) is 0 Å². The fourth-order valence-electron chi connectivity index (χ4n) is 6.68. The molecule has 0 atom stereocenters. The maximum atomic E-state index is 2.40. The molecule has 42 heavy (non-hydrogen) atoms. The van der Waals surface area contributed by atoms with Gasteiger partial charge in [0.15, 0.2) is 0 Å². The van der Waals surface area contributed by atoms with E-state index < -0.39 is 0 Å². The predicted octanol–water partition coefficient (Wildman–Crippen LogP) is 11.7. The Morgan fingerprint density at radius 2 is 0.952 bits per heavy atom. The highest BCUT2D eigenvalue weighted by molar-refractivity contribution is 6.12. The van der Waals surface area contributed by atoms with Crippen molar-refractivity contribution in [3.63, 3.8) is 0 Å². The second-order valence-corrected chi connectivity index (χ2v) is 11.7. The number of rotatable bonds is 4. The van der Waals surface area contributed by atoms with E-state index in [1.165, 1.54) is 88.7 Å². The Morgan fingerprint density at radius 1 is 0.381 bits per heavy atom. The zero-order chi connectivity index (χ0) is 28.4. The number of anilines is 3. The topological polar surface area (TPSA) is 3.24 Å². The quantitative estimate of drug-likeness (QED) is 0.216. The molecule has 0 saturated carbocycles.